The Morgan fingerprint density at radius 1 is 1.45 bits per heavy atom. The predicted octanol–water partition coefficient (Wildman–Crippen LogP) is -1.12. The molecule has 4 heteroatoms. The highest BCUT2D eigenvalue weighted by molar-refractivity contribution is 4.83. The average molecular weight is 162 g/mol. The van der Waals surface area contributed by atoms with E-state index in [0.29, 0.717) is 6.42 Å². The van der Waals surface area contributed by atoms with Gasteiger partial charge < -0.3 is 20.1 Å². The summed E-state index contributed by atoms with van der Waals surface area (Å²) in [4.78, 5) is 0. The van der Waals surface area contributed by atoms with Gasteiger partial charge in [-0.1, -0.05) is 0 Å². The topological polar surface area (TPSA) is 69.9 Å². The molecule has 0 amide bonds. The third-order valence-electron chi connectivity index (χ3n) is 1.94. The second-order valence-electron chi connectivity index (χ2n) is 2.96. The molecule has 66 valence electrons. The first kappa shape index (κ1) is 8.93. The van der Waals surface area contributed by atoms with Gasteiger partial charge in [-0.05, 0) is 6.92 Å². The van der Waals surface area contributed by atoms with E-state index in [1.807, 2.05) is 0 Å². The quantitative estimate of drug-likeness (QED) is 0.456. The third-order valence-corrected chi connectivity index (χ3v) is 1.94. The number of hydrogen-bond donors (Lipinski definition) is 3. The molecule has 0 aromatic heterocycles. The summed E-state index contributed by atoms with van der Waals surface area (Å²) in [6, 6.07) is 0. The van der Waals surface area contributed by atoms with Crippen LogP contribution in [0.4, 0.5) is 0 Å². The Morgan fingerprint density at radius 2 is 2.09 bits per heavy atom. The first-order chi connectivity index (χ1) is 5.15. The molecule has 0 aromatic carbocycles. The minimum absolute atomic E-state index is 0.0921. The van der Waals surface area contributed by atoms with Crippen molar-refractivity contribution in [3.8, 4) is 0 Å². The minimum Gasteiger partial charge on any atom is -0.394 e. The molecule has 1 heterocycles. The molecular formula is C7H14O4. The Kier molecular flexibility index (Phi) is 2.84. The van der Waals surface area contributed by atoms with Gasteiger partial charge in [0.05, 0.1) is 18.8 Å². The summed E-state index contributed by atoms with van der Waals surface area (Å²) in [5.74, 6) is 0. The third kappa shape index (κ3) is 1.90. The summed E-state index contributed by atoms with van der Waals surface area (Å²) in [5.41, 5.74) is 0. The standard InChI is InChI=1S/C7H14O4/c1-4-2-5(9)7(10)6(3-8)11-4/h4-10H,2-3H2,1H3/t4?,5-,6?,7-/m0/s1. The first-order valence-electron chi connectivity index (χ1n) is 3.77. The number of rotatable bonds is 1. The highest BCUT2D eigenvalue weighted by atomic mass is 16.5. The summed E-state index contributed by atoms with van der Waals surface area (Å²) in [7, 11) is 0. The van der Waals surface area contributed by atoms with E-state index >= 15 is 0 Å². The summed E-state index contributed by atoms with van der Waals surface area (Å²) < 4.78 is 5.16. The number of aliphatic hydroxyl groups is 3. The molecule has 1 aliphatic rings. The van der Waals surface area contributed by atoms with E-state index in [0.717, 1.165) is 0 Å². The molecule has 2 unspecified atom stereocenters. The fourth-order valence-electron chi connectivity index (χ4n) is 1.31. The lowest BCUT2D eigenvalue weighted by Crippen LogP contribution is -2.49. The maximum absolute atomic E-state index is 9.22. The lowest BCUT2D eigenvalue weighted by Gasteiger charge is -2.34. The van der Waals surface area contributed by atoms with Crippen LogP contribution in [0.3, 0.4) is 0 Å². The van der Waals surface area contributed by atoms with E-state index < -0.39 is 18.3 Å². The predicted molar refractivity (Wildman–Crippen MR) is 38.1 cm³/mol. The molecule has 0 bridgehead atoms. The number of aliphatic hydroxyl groups excluding tert-OH is 3. The summed E-state index contributed by atoms with van der Waals surface area (Å²) in [5, 5.41) is 27.1. The smallest absolute Gasteiger partial charge is 0.109 e. The molecule has 0 aliphatic carbocycles. The van der Waals surface area contributed by atoms with Crippen LogP contribution in [0.25, 0.3) is 0 Å². The van der Waals surface area contributed by atoms with Crippen LogP contribution < -0.4 is 0 Å². The van der Waals surface area contributed by atoms with E-state index in [9.17, 15) is 10.2 Å². The van der Waals surface area contributed by atoms with E-state index in [4.69, 9.17) is 9.84 Å². The molecule has 0 saturated carbocycles. The van der Waals surface area contributed by atoms with Crippen molar-refractivity contribution in [1.29, 1.82) is 0 Å². The summed E-state index contributed by atoms with van der Waals surface area (Å²) in [6.07, 6.45) is -2.01. The Hall–Kier alpha value is -0.160. The van der Waals surface area contributed by atoms with Crippen LogP contribution >= 0.6 is 0 Å². The molecule has 0 spiro atoms. The maximum atomic E-state index is 9.22. The van der Waals surface area contributed by atoms with Crippen molar-refractivity contribution in [2.75, 3.05) is 6.61 Å². The molecule has 4 atom stereocenters. The van der Waals surface area contributed by atoms with Gasteiger partial charge in [0, 0.05) is 6.42 Å². The van der Waals surface area contributed by atoms with Crippen LogP contribution in [-0.2, 0) is 4.74 Å². The normalized spacial score (nSPS) is 45.8. The van der Waals surface area contributed by atoms with Gasteiger partial charge >= 0.3 is 0 Å². The van der Waals surface area contributed by atoms with E-state index in [2.05, 4.69) is 0 Å². The molecule has 0 aromatic rings. The molecule has 1 rings (SSSR count). The van der Waals surface area contributed by atoms with Crippen LogP contribution in [0.1, 0.15) is 13.3 Å². The molecule has 11 heavy (non-hydrogen) atoms. The fourth-order valence-corrected chi connectivity index (χ4v) is 1.31. The zero-order chi connectivity index (χ0) is 8.43. The second-order valence-corrected chi connectivity index (χ2v) is 2.96. The van der Waals surface area contributed by atoms with Crippen LogP contribution in [-0.4, -0.2) is 46.3 Å². The van der Waals surface area contributed by atoms with Gasteiger partial charge in [0.2, 0.25) is 0 Å². The summed E-state index contributed by atoms with van der Waals surface area (Å²) >= 11 is 0. The lowest BCUT2D eigenvalue weighted by molar-refractivity contribution is -0.174. The van der Waals surface area contributed by atoms with Crippen LogP contribution in [0.15, 0.2) is 0 Å². The molecule has 4 nitrogen and oxygen atoms in total. The van der Waals surface area contributed by atoms with Crippen molar-refractivity contribution < 1.29 is 20.1 Å². The van der Waals surface area contributed by atoms with Gasteiger partial charge in [0.25, 0.3) is 0 Å². The van der Waals surface area contributed by atoms with Crippen LogP contribution in [0.2, 0.25) is 0 Å². The van der Waals surface area contributed by atoms with Crippen molar-refractivity contribution in [1.82, 2.24) is 0 Å². The zero-order valence-corrected chi connectivity index (χ0v) is 6.47. The van der Waals surface area contributed by atoms with E-state index in [1.165, 1.54) is 0 Å². The van der Waals surface area contributed by atoms with E-state index in [1.54, 1.807) is 6.92 Å². The van der Waals surface area contributed by atoms with Gasteiger partial charge in [-0.25, -0.2) is 0 Å². The van der Waals surface area contributed by atoms with Gasteiger partial charge in [-0.3, -0.25) is 0 Å². The first-order valence-corrected chi connectivity index (χ1v) is 3.77. The molecule has 3 N–H and O–H groups in total. The Balaban J connectivity index is 2.51. The molecular weight excluding hydrogens is 148 g/mol. The minimum atomic E-state index is -0.948. The number of hydrogen-bond acceptors (Lipinski definition) is 4. The van der Waals surface area contributed by atoms with Crippen molar-refractivity contribution in [2.45, 2.75) is 37.8 Å². The van der Waals surface area contributed by atoms with Gasteiger partial charge in [-0.2, -0.15) is 0 Å². The highest BCUT2D eigenvalue weighted by Crippen LogP contribution is 2.19. The van der Waals surface area contributed by atoms with Crippen molar-refractivity contribution in [2.24, 2.45) is 0 Å². The van der Waals surface area contributed by atoms with Crippen LogP contribution in [0.5, 0.6) is 0 Å². The molecule has 1 aliphatic heterocycles. The maximum Gasteiger partial charge on any atom is 0.109 e. The second kappa shape index (κ2) is 3.49. The van der Waals surface area contributed by atoms with Crippen LogP contribution in [0, 0.1) is 0 Å². The Bertz CT molecular complexity index is 128. The SMILES string of the molecule is CC1C[C@H](O)[C@H](O)C(CO)O1. The number of ether oxygens (including phenoxy) is 1. The lowest BCUT2D eigenvalue weighted by atomic mass is 9.99. The highest BCUT2D eigenvalue weighted by Gasteiger charge is 2.34. The van der Waals surface area contributed by atoms with Gasteiger partial charge in [0.15, 0.2) is 0 Å². The van der Waals surface area contributed by atoms with Gasteiger partial charge in [0.1, 0.15) is 12.2 Å². The zero-order valence-electron chi connectivity index (χ0n) is 6.47. The van der Waals surface area contributed by atoms with Gasteiger partial charge in [-0.15, -0.1) is 0 Å². The summed E-state index contributed by atoms with van der Waals surface area (Å²) in [6.45, 7) is 1.56. The largest absolute Gasteiger partial charge is 0.394 e. The fraction of sp³-hybridized carbons (Fsp3) is 1.00. The molecule has 0 radical (unpaired) electrons. The van der Waals surface area contributed by atoms with E-state index in [-0.39, 0.29) is 12.7 Å². The molecule has 1 fully saturated rings. The molecule has 1 saturated heterocycles. The Labute approximate surface area is 65.4 Å². The monoisotopic (exact) mass is 162 g/mol. The van der Waals surface area contributed by atoms with Crippen molar-refractivity contribution in [3.63, 3.8) is 0 Å². The van der Waals surface area contributed by atoms with Crippen molar-refractivity contribution >= 4 is 0 Å². The van der Waals surface area contributed by atoms with Crippen molar-refractivity contribution in [3.05, 3.63) is 0 Å². The average Bonchev–Trinajstić information content (AvgIpc) is 1.96. The Morgan fingerprint density at radius 3 is 2.64 bits per heavy atom.